The van der Waals surface area contributed by atoms with Crippen LogP contribution in [0, 0.1) is 0 Å². The van der Waals surface area contributed by atoms with E-state index in [2.05, 4.69) is 41.7 Å². The Morgan fingerprint density at radius 3 is 3.06 bits per heavy atom. The summed E-state index contributed by atoms with van der Waals surface area (Å²) in [5, 5.41) is 7.21. The number of nitrogens with one attached hydrogen (secondary N) is 3. The van der Waals surface area contributed by atoms with Crippen molar-refractivity contribution in [2.45, 2.75) is 44.7 Å². The molecule has 0 radical (unpaired) electrons. The number of aromatic amines is 1. The Morgan fingerprint density at radius 1 is 1.50 bits per heavy atom. The lowest BCUT2D eigenvalue weighted by Gasteiger charge is -2.37. The topological polar surface area (TPSA) is 39.9 Å². The van der Waals surface area contributed by atoms with Crippen LogP contribution in [0.5, 0.6) is 0 Å². The van der Waals surface area contributed by atoms with Crippen molar-refractivity contribution >= 4 is 0 Å². The normalized spacial score (nSPS) is 24.5. The molecule has 1 aliphatic heterocycles. The van der Waals surface area contributed by atoms with E-state index < -0.39 is 0 Å². The molecule has 0 aliphatic carbocycles. The second kappa shape index (κ2) is 5.02. The second-order valence-electron chi connectivity index (χ2n) is 5.42. The van der Waals surface area contributed by atoms with E-state index >= 15 is 0 Å². The van der Waals surface area contributed by atoms with Crippen LogP contribution >= 0.6 is 0 Å². The average Bonchev–Trinajstić information content (AvgIpc) is 2.69. The molecule has 2 heterocycles. The second-order valence-corrected chi connectivity index (χ2v) is 5.42. The van der Waals surface area contributed by atoms with E-state index in [0.717, 1.165) is 19.5 Å². The van der Waals surface area contributed by atoms with Crippen LogP contribution in [0.1, 0.15) is 32.3 Å². The summed E-state index contributed by atoms with van der Waals surface area (Å²) in [5.41, 5.74) is 1.69. The highest BCUT2D eigenvalue weighted by Crippen LogP contribution is 2.18. The summed E-state index contributed by atoms with van der Waals surface area (Å²) in [4.78, 5) is 3.09. The first kappa shape index (κ1) is 11.7. The van der Waals surface area contributed by atoms with Crippen molar-refractivity contribution in [3.63, 3.8) is 0 Å². The molecule has 3 heteroatoms. The van der Waals surface area contributed by atoms with Gasteiger partial charge < -0.3 is 15.6 Å². The summed E-state index contributed by atoms with van der Waals surface area (Å²) < 4.78 is 0. The van der Waals surface area contributed by atoms with Crippen molar-refractivity contribution in [3.05, 3.63) is 24.0 Å². The molecular weight excluding hydrogens is 198 g/mol. The molecule has 1 saturated heterocycles. The molecule has 1 aromatic rings. The standard InChI is InChI=1S/C13H23N3/c1-13(2)9-12(5-8-16-13)15-7-4-11-3-6-14-10-11/h3,6,10,12,14-16H,4-5,7-9H2,1-2H3. The highest BCUT2D eigenvalue weighted by atomic mass is 15.0. The van der Waals surface area contributed by atoms with Gasteiger partial charge in [0, 0.05) is 24.0 Å². The Labute approximate surface area is 98.0 Å². The van der Waals surface area contributed by atoms with Crippen molar-refractivity contribution in [3.8, 4) is 0 Å². The van der Waals surface area contributed by atoms with Crippen molar-refractivity contribution in [1.29, 1.82) is 0 Å². The minimum atomic E-state index is 0.296. The molecule has 3 nitrogen and oxygen atoms in total. The molecule has 0 bridgehead atoms. The van der Waals surface area contributed by atoms with E-state index in [9.17, 15) is 0 Å². The van der Waals surface area contributed by atoms with Crippen LogP contribution in [0.25, 0.3) is 0 Å². The van der Waals surface area contributed by atoms with Crippen LogP contribution in [0.2, 0.25) is 0 Å². The highest BCUT2D eigenvalue weighted by Gasteiger charge is 2.26. The summed E-state index contributed by atoms with van der Waals surface area (Å²) >= 11 is 0. The maximum Gasteiger partial charge on any atom is 0.0139 e. The maximum absolute atomic E-state index is 3.66. The van der Waals surface area contributed by atoms with Gasteiger partial charge in [0.05, 0.1) is 0 Å². The third-order valence-corrected chi connectivity index (χ3v) is 3.36. The van der Waals surface area contributed by atoms with Crippen molar-refractivity contribution in [2.24, 2.45) is 0 Å². The Bertz CT molecular complexity index is 303. The number of piperidine rings is 1. The predicted molar refractivity (Wildman–Crippen MR) is 67.6 cm³/mol. The van der Waals surface area contributed by atoms with Gasteiger partial charge in [0.2, 0.25) is 0 Å². The molecule has 1 aromatic heterocycles. The average molecular weight is 221 g/mol. The van der Waals surface area contributed by atoms with Crippen molar-refractivity contribution < 1.29 is 0 Å². The van der Waals surface area contributed by atoms with Gasteiger partial charge in [-0.3, -0.25) is 0 Å². The molecule has 0 saturated carbocycles. The van der Waals surface area contributed by atoms with E-state index in [-0.39, 0.29) is 0 Å². The first-order chi connectivity index (χ1) is 7.66. The fourth-order valence-corrected chi connectivity index (χ4v) is 2.48. The summed E-state index contributed by atoms with van der Waals surface area (Å²) in [5.74, 6) is 0. The van der Waals surface area contributed by atoms with E-state index in [4.69, 9.17) is 0 Å². The van der Waals surface area contributed by atoms with Gasteiger partial charge in [-0.05, 0) is 57.8 Å². The molecule has 3 N–H and O–H groups in total. The fourth-order valence-electron chi connectivity index (χ4n) is 2.48. The van der Waals surface area contributed by atoms with Gasteiger partial charge in [-0.1, -0.05) is 0 Å². The van der Waals surface area contributed by atoms with Crippen LogP contribution in [-0.4, -0.2) is 29.7 Å². The fraction of sp³-hybridized carbons (Fsp3) is 0.692. The Kier molecular flexibility index (Phi) is 3.66. The van der Waals surface area contributed by atoms with Gasteiger partial charge in [0.15, 0.2) is 0 Å². The highest BCUT2D eigenvalue weighted by molar-refractivity contribution is 5.08. The lowest BCUT2D eigenvalue weighted by molar-refractivity contribution is 0.249. The summed E-state index contributed by atoms with van der Waals surface area (Å²) in [6, 6.07) is 2.82. The van der Waals surface area contributed by atoms with Crippen LogP contribution < -0.4 is 10.6 Å². The zero-order chi connectivity index (χ0) is 11.4. The van der Waals surface area contributed by atoms with Gasteiger partial charge in [0.25, 0.3) is 0 Å². The van der Waals surface area contributed by atoms with Gasteiger partial charge in [-0.15, -0.1) is 0 Å². The third-order valence-electron chi connectivity index (χ3n) is 3.36. The van der Waals surface area contributed by atoms with Crippen LogP contribution in [0.4, 0.5) is 0 Å². The molecular formula is C13H23N3. The minimum absolute atomic E-state index is 0.296. The lowest BCUT2D eigenvalue weighted by atomic mass is 9.89. The van der Waals surface area contributed by atoms with E-state index in [0.29, 0.717) is 11.6 Å². The molecule has 1 atom stereocenters. The number of H-pyrrole nitrogens is 1. The summed E-state index contributed by atoms with van der Waals surface area (Å²) in [6.45, 7) is 6.79. The SMILES string of the molecule is CC1(C)CC(NCCc2cc[nH]c2)CCN1. The third kappa shape index (κ3) is 3.35. The number of hydrogen-bond acceptors (Lipinski definition) is 2. The molecule has 0 aromatic carbocycles. The van der Waals surface area contributed by atoms with Gasteiger partial charge in [-0.25, -0.2) is 0 Å². The molecule has 1 fully saturated rings. The molecule has 0 amide bonds. The predicted octanol–water partition coefficient (Wildman–Crippen LogP) is 1.68. The Balaban J connectivity index is 1.70. The van der Waals surface area contributed by atoms with Gasteiger partial charge in [-0.2, -0.15) is 0 Å². The van der Waals surface area contributed by atoms with E-state index in [1.54, 1.807) is 0 Å². The zero-order valence-corrected chi connectivity index (χ0v) is 10.3. The molecule has 90 valence electrons. The molecule has 1 unspecified atom stereocenters. The van der Waals surface area contributed by atoms with Crippen molar-refractivity contribution in [2.75, 3.05) is 13.1 Å². The first-order valence-electron chi connectivity index (χ1n) is 6.26. The summed E-state index contributed by atoms with van der Waals surface area (Å²) in [7, 11) is 0. The van der Waals surface area contributed by atoms with Crippen LogP contribution in [0.3, 0.4) is 0 Å². The number of aromatic nitrogens is 1. The minimum Gasteiger partial charge on any atom is -0.367 e. The van der Waals surface area contributed by atoms with Crippen LogP contribution in [0.15, 0.2) is 18.5 Å². The zero-order valence-electron chi connectivity index (χ0n) is 10.3. The Hall–Kier alpha value is -0.800. The largest absolute Gasteiger partial charge is 0.367 e. The summed E-state index contributed by atoms with van der Waals surface area (Å²) in [6.07, 6.45) is 7.65. The van der Waals surface area contributed by atoms with Gasteiger partial charge in [0.1, 0.15) is 0 Å². The number of hydrogen-bond donors (Lipinski definition) is 3. The lowest BCUT2D eigenvalue weighted by Crippen LogP contribution is -2.52. The molecule has 1 aliphatic rings. The molecule has 0 spiro atoms. The smallest absolute Gasteiger partial charge is 0.0139 e. The quantitative estimate of drug-likeness (QED) is 0.724. The maximum atomic E-state index is 3.66. The van der Waals surface area contributed by atoms with E-state index in [1.807, 2.05) is 6.20 Å². The first-order valence-corrected chi connectivity index (χ1v) is 6.26. The Morgan fingerprint density at radius 2 is 2.38 bits per heavy atom. The number of rotatable bonds is 4. The molecule has 2 rings (SSSR count). The van der Waals surface area contributed by atoms with Crippen molar-refractivity contribution in [1.82, 2.24) is 15.6 Å². The molecule has 16 heavy (non-hydrogen) atoms. The van der Waals surface area contributed by atoms with E-state index in [1.165, 1.54) is 18.4 Å². The monoisotopic (exact) mass is 221 g/mol. The van der Waals surface area contributed by atoms with Gasteiger partial charge >= 0.3 is 0 Å². The van der Waals surface area contributed by atoms with Crippen LogP contribution in [-0.2, 0) is 6.42 Å².